The average Bonchev–Trinajstić information content (AvgIpc) is 3.28. The number of carbonyl (C=O) groups is 1. The molecule has 0 radical (unpaired) electrons. The van der Waals surface area contributed by atoms with Gasteiger partial charge in [-0.05, 0) is 61.3 Å². The topological polar surface area (TPSA) is 97.7 Å². The van der Waals surface area contributed by atoms with Gasteiger partial charge >= 0.3 is 0 Å². The molecule has 1 unspecified atom stereocenters. The lowest BCUT2D eigenvalue weighted by molar-refractivity contribution is 0.0901. The Labute approximate surface area is 192 Å². The van der Waals surface area contributed by atoms with Gasteiger partial charge in [-0.1, -0.05) is 18.2 Å². The van der Waals surface area contributed by atoms with Crippen molar-refractivity contribution in [2.75, 3.05) is 13.1 Å². The van der Waals surface area contributed by atoms with Gasteiger partial charge in [0.2, 0.25) is 0 Å². The van der Waals surface area contributed by atoms with Crippen LogP contribution in [0.5, 0.6) is 0 Å². The lowest BCUT2D eigenvalue weighted by Crippen LogP contribution is -2.47. The van der Waals surface area contributed by atoms with E-state index in [1.807, 2.05) is 54.6 Å². The van der Waals surface area contributed by atoms with Crippen LogP contribution < -0.4 is 5.32 Å². The van der Waals surface area contributed by atoms with Gasteiger partial charge in [-0.15, -0.1) is 0 Å². The van der Waals surface area contributed by atoms with Crippen molar-refractivity contribution >= 4 is 16.8 Å². The molecule has 2 N–H and O–H groups in total. The van der Waals surface area contributed by atoms with E-state index in [4.69, 9.17) is 0 Å². The second-order valence-electron chi connectivity index (χ2n) is 8.39. The number of likely N-dealkylation sites (tertiary alicyclic amines) is 1. The summed E-state index contributed by atoms with van der Waals surface area (Å²) in [6.45, 7) is 2.44. The molecule has 1 saturated heterocycles. The molecule has 7 heteroatoms. The molecule has 1 aliphatic heterocycles. The maximum atomic E-state index is 13.1. The molecule has 4 aromatic rings. The summed E-state index contributed by atoms with van der Waals surface area (Å²) < 4.78 is 0. The first-order chi connectivity index (χ1) is 16.2. The van der Waals surface area contributed by atoms with Gasteiger partial charge in [0.1, 0.15) is 5.69 Å². The fourth-order valence-electron chi connectivity index (χ4n) is 4.48. The number of piperidine rings is 1. The molecule has 1 amide bonds. The summed E-state index contributed by atoms with van der Waals surface area (Å²) >= 11 is 0. The smallest absolute Gasteiger partial charge is 0.251 e. The number of carbonyl (C=O) groups excluding carboxylic acids is 1. The molecule has 2 aromatic carbocycles. The number of benzene rings is 2. The van der Waals surface area contributed by atoms with E-state index in [1.54, 1.807) is 12.4 Å². The van der Waals surface area contributed by atoms with Crippen molar-refractivity contribution in [3.05, 3.63) is 83.7 Å². The molecule has 164 valence electrons. The Hall–Kier alpha value is -4.02. The van der Waals surface area contributed by atoms with Crippen LogP contribution in [0, 0.1) is 11.3 Å². The third kappa shape index (κ3) is 4.47. The summed E-state index contributed by atoms with van der Waals surface area (Å²) in [5.41, 5.74) is 5.00. The first-order valence-electron chi connectivity index (χ1n) is 11.1. The van der Waals surface area contributed by atoms with Crippen LogP contribution in [-0.2, 0) is 6.54 Å². The minimum Gasteiger partial charge on any atom is -0.348 e. The van der Waals surface area contributed by atoms with E-state index in [9.17, 15) is 10.1 Å². The first kappa shape index (κ1) is 20.9. The maximum Gasteiger partial charge on any atom is 0.251 e. The number of aromatic nitrogens is 3. The number of nitrogens with one attached hydrogen (secondary N) is 2. The van der Waals surface area contributed by atoms with Crippen molar-refractivity contribution in [2.24, 2.45) is 0 Å². The zero-order valence-corrected chi connectivity index (χ0v) is 18.2. The molecule has 0 bridgehead atoms. The van der Waals surface area contributed by atoms with Crippen LogP contribution in [0.3, 0.4) is 0 Å². The van der Waals surface area contributed by atoms with E-state index in [0.29, 0.717) is 17.7 Å². The van der Waals surface area contributed by atoms with Gasteiger partial charge in [-0.2, -0.15) is 10.4 Å². The molecule has 33 heavy (non-hydrogen) atoms. The molecule has 0 saturated carbocycles. The molecule has 0 spiro atoms. The summed E-state index contributed by atoms with van der Waals surface area (Å²) in [5, 5.41) is 21.0. The van der Waals surface area contributed by atoms with Gasteiger partial charge < -0.3 is 5.32 Å². The zero-order valence-electron chi connectivity index (χ0n) is 18.2. The predicted octanol–water partition coefficient (Wildman–Crippen LogP) is 3.89. The first-order valence-corrected chi connectivity index (χ1v) is 11.1. The van der Waals surface area contributed by atoms with E-state index in [-0.39, 0.29) is 11.9 Å². The van der Waals surface area contributed by atoms with Gasteiger partial charge in [0.15, 0.2) is 0 Å². The van der Waals surface area contributed by atoms with Gasteiger partial charge in [0.25, 0.3) is 5.91 Å². The van der Waals surface area contributed by atoms with Crippen LogP contribution in [0.15, 0.2) is 67.0 Å². The molecule has 2 aromatic heterocycles. The van der Waals surface area contributed by atoms with Crippen LogP contribution in [0.25, 0.3) is 22.2 Å². The van der Waals surface area contributed by atoms with E-state index < -0.39 is 0 Å². The Bertz CT molecular complexity index is 1320. The van der Waals surface area contributed by atoms with Gasteiger partial charge in [-0.25, -0.2) is 0 Å². The highest BCUT2D eigenvalue weighted by Gasteiger charge is 2.23. The number of amides is 1. The molecule has 1 atom stereocenters. The average molecular weight is 437 g/mol. The van der Waals surface area contributed by atoms with Crippen LogP contribution in [-0.4, -0.2) is 45.1 Å². The fourth-order valence-corrected chi connectivity index (χ4v) is 4.48. The quantitative estimate of drug-likeness (QED) is 0.495. The number of hydrogen-bond donors (Lipinski definition) is 2. The minimum absolute atomic E-state index is 0.0696. The van der Waals surface area contributed by atoms with E-state index in [2.05, 4.69) is 31.5 Å². The Morgan fingerprint density at radius 3 is 2.88 bits per heavy atom. The number of nitrogens with zero attached hydrogens (tertiary/aromatic N) is 4. The Morgan fingerprint density at radius 1 is 1.18 bits per heavy atom. The van der Waals surface area contributed by atoms with Gasteiger partial charge in [0, 0.05) is 48.0 Å². The lowest BCUT2D eigenvalue weighted by atomic mass is 10.0. The fraction of sp³-hybridized carbons (Fsp3) is 0.231. The largest absolute Gasteiger partial charge is 0.348 e. The lowest BCUT2D eigenvalue weighted by Gasteiger charge is -2.33. The van der Waals surface area contributed by atoms with Crippen molar-refractivity contribution in [3.63, 3.8) is 0 Å². The highest BCUT2D eigenvalue weighted by atomic mass is 16.1. The van der Waals surface area contributed by atoms with Crippen LogP contribution in [0.4, 0.5) is 0 Å². The third-order valence-electron chi connectivity index (χ3n) is 6.15. The number of rotatable bonds is 5. The number of H-pyrrole nitrogens is 1. The minimum atomic E-state index is -0.0805. The number of pyridine rings is 1. The standard InChI is InChI=1S/C26H24N6O/c27-15-20-4-1-2-5-21(20)16-32-13-3-6-22(17-32)29-26(33)19-7-8-24-23(14-19)25(31-30-24)18-9-11-28-12-10-18/h1-2,4-5,7-12,14,22H,3,6,13,16-17H2,(H,29,33)(H,30,31). The summed E-state index contributed by atoms with van der Waals surface area (Å²) in [7, 11) is 0. The maximum absolute atomic E-state index is 13.1. The molecule has 7 nitrogen and oxygen atoms in total. The number of nitriles is 1. The van der Waals surface area contributed by atoms with Crippen molar-refractivity contribution in [2.45, 2.75) is 25.4 Å². The molecular formula is C26H24N6O. The monoisotopic (exact) mass is 436 g/mol. The molecule has 3 heterocycles. The van der Waals surface area contributed by atoms with Crippen LogP contribution in [0.1, 0.15) is 34.3 Å². The number of aromatic amines is 1. The van der Waals surface area contributed by atoms with Crippen molar-refractivity contribution in [1.82, 2.24) is 25.4 Å². The Kier molecular flexibility index (Phi) is 5.83. The summed E-state index contributed by atoms with van der Waals surface area (Å²) in [6, 6.07) is 19.5. The summed E-state index contributed by atoms with van der Waals surface area (Å²) in [6.07, 6.45) is 5.41. The highest BCUT2D eigenvalue weighted by molar-refractivity contribution is 6.01. The zero-order chi connectivity index (χ0) is 22.6. The van der Waals surface area contributed by atoms with Crippen molar-refractivity contribution < 1.29 is 4.79 Å². The van der Waals surface area contributed by atoms with Crippen LogP contribution in [0.2, 0.25) is 0 Å². The molecular weight excluding hydrogens is 412 g/mol. The van der Waals surface area contributed by atoms with E-state index >= 15 is 0 Å². The van der Waals surface area contributed by atoms with Crippen LogP contribution >= 0.6 is 0 Å². The summed E-state index contributed by atoms with van der Waals surface area (Å²) in [4.78, 5) is 19.5. The second-order valence-corrected chi connectivity index (χ2v) is 8.39. The van der Waals surface area contributed by atoms with Gasteiger partial charge in [0.05, 0.1) is 17.1 Å². The molecule has 1 fully saturated rings. The highest BCUT2D eigenvalue weighted by Crippen LogP contribution is 2.26. The van der Waals surface area contributed by atoms with Crippen molar-refractivity contribution in [3.8, 4) is 17.3 Å². The van der Waals surface area contributed by atoms with E-state index in [1.165, 1.54) is 0 Å². The Balaban J connectivity index is 1.29. The normalized spacial score (nSPS) is 16.4. The Morgan fingerprint density at radius 2 is 2.03 bits per heavy atom. The molecule has 0 aliphatic carbocycles. The van der Waals surface area contributed by atoms with E-state index in [0.717, 1.165) is 53.7 Å². The predicted molar refractivity (Wildman–Crippen MR) is 126 cm³/mol. The third-order valence-corrected chi connectivity index (χ3v) is 6.15. The second kappa shape index (κ2) is 9.23. The van der Waals surface area contributed by atoms with Crippen molar-refractivity contribution in [1.29, 1.82) is 5.26 Å². The number of fused-ring (bicyclic) bond motifs is 1. The SMILES string of the molecule is N#Cc1ccccc1CN1CCCC(NC(=O)c2ccc3[nH]nc(-c4ccncc4)c3c2)C1. The van der Waals surface area contributed by atoms with Gasteiger partial charge in [-0.3, -0.25) is 19.8 Å². The number of hydrogen-bond acceptors (Lipinski definition) is 5. The molecule has 1 aliphatic rings. The molecule has 5 rings (SSSR count). The summed E-state index contributed by atoms with van der Waals surface area (Å²) in [5.74, 6) is -0.0805.